The summed E-state index contributed by atoms with van der Waals surface area (Å²) in [7, 11) is 1.55. The first kappa shape index (κ1) is 16.4. The zero-order chi connectivity index (χ0) is 17.4. The predicted molar refractivity (Wildman–Crippen MR) is 98.5 cm³/mol. The first-order valence-electron chi connectivity index (χ1n) is 7.65. The molecule has 0 aliphatic rings. The van der Waals surface area contributed by atoms with E-state index in [1.165, 1.54) is 0 Å². The predicted octanol–water partition coefficient (Wildman–Crippen LogP) is 5.01. The van der Waals surface area contributed by atoms with Crippen LogP contribution in [0.15, 0.2) is 30.3 Å². The molecule has 3 rings (SSSR count). The first-order chi connectivity index (χ1) is 11.4. The number of aromatic amines is 1. The Morgan fingerprint density at radius 3 is 2.62 bits per heavy atom. The summed E-state index contributed by atoms with van der Waals surface area (Å²) in [6.45, 7) is 5.95. The molecule has 0 aliphatic heterocycles. The number of aryl methyl sites for hydroxylation is 3. The third kappa shape index (κ3) is 2.85. The molecule has 0 radical (unpaired) electrons. The third-order valence-corrected chi connectivity index (χ3v) is 4.71. The first-order valence-corrected chi connectivity index (χ1v) is 8.03. The molecule has 1 aromatic heterocycles. The molecule has 2 aromatic carbocycles. The number of hydrogen-bond donors (Lipinski definition) is 2. The molecule has 2 N–H and O–H groups in total. The van der Waals surface area contributed by atoms with E-state index in [1.54, 1.807) is 13.2 Å². The maximum atomic E-state index is 12.6. The summed E-state index contributed by atoms with van der Waals surface area (Å²) < 4.78 is 5.31. The Balaban J connectivity index is 1.95. The summed E-state index contributed by atoms with van der Waals surface area (Å²) in [4.78, 5) is 15.9. The van der Waals surface area contributed by atoms with Gasteiger partial charge in [-0.1, -0.05) is 11.6 Å². The molecule has 3 aromatic rings. The minimum Gasteiger partial charge on any atom is -0.495 e. The fourth-order valence-corrected chi connectivity index (χ4v) is 2.88. The number of rotatable bonds is 3. The average Bonchev–Trinajstić information content (AvgIpc) is 2.85. The van der Waals surface area contributed by atoms with E-state index in [0.29, 0.717) is 22.0 Å². The molecular formula is C19H19ClN2O2. The van der Waals surface area contributed by atoms with Crippen molar-refractivity contribution in [3.05, 3.63) is 57.7 Å². The maximum Gasteiger partial charge on any atom is 0.255 e. The van der Waals surface area contributed by atoms with Gasteiger partial charge in [0.15, 0.2) is 0 Å². The number of amides is 1. The van der Waals surface area contributed by atoms with E-state index in [2.05, 4.69) is 10.3 Å². The van der Waals surface area contributed by atoms with Crippen LogP contribution in [0.25, 0.3) is 10.9 Å². The lowest BCUT2D eigenvalue weighted by molar-refractivity contribution is 0.102. The number of nitrogens with one attached hydrogen (secondary N) is 2. The van der Waals surface area contributed by atoms with Crippen LogP contribution in [-0.4, -0.2) is 18.0 Å². The van der Waals surface area contributed by atoms with Crippen molar-refractivity contribution in [3.8, 4) is 5.75 Å². The lowest BCUT2D eigenvalue weighted by atomic mass is 10.1. The van der Waals surface area contributed by atoms with Gasteiger partial charge in [0.05, 0.1) is 12.8 Å². The lowest BCUT2D eigenvalue weighted by Gasteiger charge is -2.12. The monoisotopic (exact) mass is 342 g/mol. The van der Waals surface area contributed by atoms with Gasteiger partial charge in [0.2, 0.25) is 0 Å². The summed E-state index contributed by atoms with van der Waals surface area (Å²) in [5.41, 5.74) is 5.37. The smallest absolute Gasteiger partial charge is 0.255 e. The Morgan fingerprint density at radius 1 is 1.17 bits per heavy atom. The van der Waals surface area contributed by atoms with Gasteiger partial charge in [-0.2, -0.15) is 0 Å². The quantitative estimate of drug-likeness (QED) is 0.703. The molecule has 0 atom stereocenters. The highest BCUT2D eigenvalue weighted by molar-refractivity contribution is 6.31. The van der Waals surface area contributed by atoms with E-state index in [9.17, 15) is 4.79 Å². The zero-order valence-corrected chi connectivity index (χ0v) is 14.8. The van der Waals surface area contributed by atoms with E-state index < -0.39 is 0 Å². The number of aromatic nitrogens is 1. The number of halogens is 1. The highest BCUT2D eigenvalue weighted by atomic mass is 35.5. The van der Waals surface area contributed by atoms with Crippen molar-refractivity contribution < 1.29 is 9.53 Å². The second-order valence-corrected chi connectivity index (χ2v) is 6.30. The van der Waals surface area contributed by atoms with Crippen LogP contribution in [-0.2, 0) is 0 Å². The van der Waals surface area contributed by atoms with Crippen molar-refractivity contribution in [1.29, 1.82) is 0 Å². The van der Waals surface area contributed by atoms with Gasteiger partial charge in [0.1, 0.15) is 5.75 Å². The zero-order valence-electron chi connectivity index (χ0n) is 14.1. The van der Waals surface area contributed by atoms with Gasteiger partial charge in [0.25, 0.3) is 5.91 Å². The van der Waals surface area contributed by atoms with Gasteiger partial charge in [-0.25, -0.2) is 0 Å². The normalized spacial score (nSPS) is 10.9. The molecule has 24 heavy (non-hydrogen) atoms. The number of H-pyrrole nitrogens is 1. The molecule has 0 unspecified atom stereocenters. The van der Waals surface area contributed by atoms with Crippen LogP contribution in [0, 0.1) is 20.8 Å². The number of benzene rings is 2. The van der Waals surface area contributed by atoms with Crippen molar-refractivity contribution in [2.75, 3.05) is 12.4 Å². The topological polar surface area (TPSA) is 54.1 Å². The van der Waals surface area contributed by atoms with E-state index >= 15 is 0 Å². The standard InChI is InChI=1S/C19H19ClN2O2/c1-10-7-17(18(24-4)9-15(10)20)22-19(23)13-5-6-16-14(8-13)11(2)12(3)21-16/h5-9,21H,1-4H3,(H,22,23). The Kier molecular flexibility index (Phi) is 4.24. The third-order valence-electron chi connectivity index (χ3n) is 4.30. The fourth-order valence-electron chi connectivity index (χ4n) is 2.73. The van der Waals surface area contributed by atoms with Gasteiger partial charge >= 0.3 is 0 Å². The number of fused-ring (bicyclic) bond motifs is 1. The Hall–Kier alpha value is -2.46. The van der Waals surface area contributed by atoms with Crippen LogP contribution < -0.4 is 10.1 Å². The molecule has 0 bridgehead atoms. The summed E-state index contributed by atoms with van der Waals surface area (Å²) in [6.07, 6.45) is 0. The van der Waals surface area contributed by atoms with Gasteiger partial charge in [0, 0.05) is 33.2 Å². The van der Waals surface area contributed by atoms with Crippen molar-refractivity contribution in [3.63, 3.8) is 0 Å². The second-order valence-electron chi connectivity index (χ2n) is 5.89. The molecule has 0 spiro atoms. The summed E-state index contributed by atoms with van der Waals surface area (Å²) >= 11 is 6.11. The number of hydrogen-bond acceptors (Lipinski definition) is 2. The minimum atomic E-state index is -0.185. The number of anilines is 1. The number of methoxy groups -OCH3 is 1. The molecule has 0 aliphatic carbocycles. The van der Waals surface area contributed by atoms with Crippen molar-refractivity contribution in [2.45, 2.75) is 20.8 Å². The molecule has 0 saturated carbocycles. The highest BCUT2D eigenvalue weighted by Gasteiger charge is 2.13. The molecular weight excluding hydrogens is 324 g/mol. The van der Waals surface area contributed by atoms with E-state index in [1.807, 2.05) is 45.0 Å². The summed E-state index contributed by atoms with van der Waals surface area (Å²) in [6, 6.07) is 9.15. The largest absolute Gasteiger partial charge is 0.495 e. The molecule has 1 heterocycles. The number of carbonyl (C=O) groups is 1. The van der Waals surface area contributed by atoms with Crippen LogP contribution in [0.1, 0.15) is 27.2 Å². The van der Waals surface area contributed by atoms with Crippen molar-refractivity contribution >= 4 is 34.1 Å². The van der Waals surface area contributed by atoms with E-state index in [0.717, 1.165) is 27.7 Å². The van der Waals surface area contributed by atoms with Crippen molar-refractivity contribution in [2.24, 2.45) is 0 Å². The molecule has 124 valence electrons. The van der Waals surface area contributed by atoms with Gasteiger partial charge in [-0.05, 0) is 56.2 Å². The minimum absolute atomic E-state index is 0.185. The summed E-state index contributed by atoms with van der Waals surface area (Å²) in [5.74, 6) is 0.351. The van der Waals surface area contributed by atoms with Crippen LogP contribution in [0.2, 0.25) is 5.02 Å². The Bertz CT molecular complexity index is 944. The highest BCUT2D eigenvalue weighted by Crippen LogP contribution is 2.31. The van der Waals surface area contributed by atoms with Crippen LogP contribution >= 0.6 is 11.6 Å². The van der Waals surface area contributed by atoms with Crippen LogP contribution in [0.5, 0.6) is 5.75 Å². The number of ether oxygens (including phenoxy) is 1. The Labute approximate surface area is 145 Å². The van der Waals surface area contributed by atoms with Gasteiger partial charge in [-0.15, -0.1) is 0 Å². The number of carbonyl (C=O) groups excluding carboxylic acids is 1. The summed E-state index contributed by atoms with van der Waals surface area (Å²) in [5, 5.41) is 4.56. The second kappa shape index (κ2) is 6.21. The lowest BCUT2D eigenvalue weighted by Crippen LogP contribution is -2.12. The maximum absolute atomic E-state index is 12.6. The Morgan fingerprint density at radius 2 is 1.92 bits per heavy atom. The molecule has 0 saturated heterocycles. The van der Waals surface area contributed by atoms with Crippen LogP contribution in [0.4, 0.5) is 5.69 Å². The molecule has 0 fully saturated rings. The molecule has 1 amide bonds. The van der Waals surface area contributed by atoms with E-state index in [4.69, 9.17) is 16.3 Å². The SMILES string of the molecule is COc1cc(Cl)c(C)cc1NC(=O)c1ccc2[nH]c(C)c(C)c2c1. The van der Waals surface area contributed by atoms with E-state index in [-0.39, 0.29) is 5.91 Å². The fraction of sp³-hybridized carbons (Fsp3) is 0.211. The molecule has 4 nitrogen and oxygen atoms in total. The average molecular weight is 343 g/mol. The van der Waals surface area contributed by atoms with Gasteiger partial charge in [-0.3, -0.25) is 4.79 Å². The van der Waals surface area contributed by atoms with Crippen LogP contribution in [0.3, 0.4) is 0 Å². The van der Waals surface area contributed by atoms with Crippen molar-refractivity contribution in [1.82, 2.24) is 4.98 Å². The van der Waals surface area contributed by atoms with Gasteiger partial charge < -0.3 is 15.0 Å². The molecule has 5 heteroatoms.